The van der Waals surface area contributed by atoms with Crippen LogP contribution in [0.4, 0.5) is 20.2 Å². The van der Waals surface area contributed by atoms with Crippen molar-refractivity contribution in [2.75, 3.05) is 44.5 Å². The van der Waals surface area contributed by atoms with Crippen LogP contribution in [0.15, 0.2) is 40.7 Å². The Bertz CT molecular complexity index is 1620. The molecule has 3 aromatic rings. The first-order valence-electron chi connectivity index (χ1n) is 12.3. The number of hydrogen-bond donors (Lipinski definition) is 3. The molecule has 41 heavy (non-hydrogen) atoms. The first-order chi connectivity index (χ1) is 19.6. The maximum Gasteiger partial charge on any atom is 0.344 e. The summed E-state index contributed by atoms with van der Waals surface area (Å²) in [4.78, 5) is 39.0. The summed E-state index contributed by atoms with van der Waals surface area (Å²) in [5.41, 5.74) is 4.29. The Morgan fingerprint density at radius 2 is 1.98 bits per heavy atom. The lowest BCUT2D eigenvalue weighted by Crippen LogP contribution is -2.57. The van der Waals surface area contributed by atoms with Gasteiger partial charge in [0.15, 0.2) is 12.4 Å². The number of benzene rings is 2. The van der Waals surface area contributed by atoms with Gasteiger partial charge in [0.05, 0.1) is 46.7 Å². The third kappa shape index (κ3) is 5.56. The number of rotatable bonds is 10. The van der Waals surface area contributed by atoms with Gasteiger partial charge in [0, 0.05) is 30.9 Å². The van der Waals surface area contributed by atoms with Crippen LogP contribution >= 0.6 is 11.6 Å². The van der Waals surface area contributed by atoms with Crippen LogP contribution in [0.1, 0.15) is 22.8 Å². The first kappa shape index (κ1) is 29.8. The fourth-order valence-corrected chi connectivity index (χ4v) is 4.90. The number of hydrogen-bond acceptors (Lipinski definition) is 10. The highest BCUT2D eigenvalue weighted by Crippen LogP contribution is 2.39. The van der Waals surface area contributed by atoms with Gasteiger partial charge in [-0.2, -0.15) is 0 Å². The number of likely N-dealkylation sites (N-methyl/N-ethyl adjacent to an activating group) is 1. The summed E-state index contributed by atoms with van der Waals surface area (Å²) in [6, 6.07) is 3.27. The Labute approximate surface area is 237 Å². The second-order valence-electron chi connectivity index (χ2n) is 9.18. The van der Waals surface area contributed by atoms with Crippen molar-refractivity contribution in [1.29, 1.82) is 0 Å². The summed E-state index contributed by atoms with van der Waals surface area (Å²) in [7, 11) is 3.04. The van der Waals surface area contributed by atoms with Crippen LogP contribution in [0.3, 0.4) is 0 Å². The second-order valence-corrected chi connectivity index (χ2v) is 9.56. The molecule has 4 rings (SSSR count). The summed E-state index contributed by atoms with van der Waals surface area (Å²) < 4.78 is 46.1. The molecule has 14 heteroatoms. The van der Waals surface area contributed by atoms with Crippen molar-refractivity contribution in [2.45, 2.75) is 19.6 Å². The minimum Gasteiger partial charge on any atom is -0.494 e. The topological polar surface area (TPSA) is 145 Å². The maximum atomic E-state index is 15.5. The van der Waals surface area contributed by atoms with Crippen molar-refractivity contribution in [2.24, 2.45) is 0 Å². The average molecular weight is 593 g/mol. The summed E-state index contributed by atoms with van der Waals surface area (Å²) in [6.45, 7) is 1.31. The standard InChI is InChI=1S/C27H27ClF2N4O7/c1-13(41-12-36)22(39-3)11-40-27(38)17-9-34(21-6-20(31)18(29)4-14(21)10-35)24-16(26(17)37)5-19(30)25(23(24)28)33-7-15(8-33)32-2/h4-6,9,12,15,32,35H,7-8,10-11,31H2,1-3H3/b22-13-. The molecule has 0 radical (unpaired) electrons. The van der Waals surface area contributed by atoms with E-state index in [4.69, 9.17) is 31.5 Å². The molecule has 1 aliphatic rings. The third-order valence-electron chi connectivity index (χ3n) is 6.81. The van der Waals surface area contributed by atoms with Crippen molar-refractivity contribution in [3.05, 3.63) is 73.9 Å². The van der Waals surface area contributed by atoms with Gasteiger partial charge in [0.25, 0.3) is 6.47 Å². The van der Waals surface area contributed by atoms with E-state index >= 15 is 4.39 Å². The Morgan fingerprint density at radius 1 is 1.27 bits per heavy atom. The molecule has 0 atom stereocenters. The van der Waals surface area contributed by atoms with E-state index in [0.717, 1.165) is 18.3 Å². The van der Waals surface area contributed by atoms with Crippen molar-refractivity contribution in [3.63, 3.8) is 0 Å². The van der Waals surface area contributed by atoms with Gasteiger partial charge in [-0.05, 0) is 32.2 Å². The molecule has 0 bridgehead atoms. The molecule has 2 heterocycles. The van der Waals surface area contributed by atoms with Crippen LogP contribution in [-0.2, 0) is 25.6 Å². The van der Waals surface area contributed by atoms with Crippen LogP contribution in [0.2, 0.25) is 5.02 Å². The molecule has 4 N–H and O–H groups in total. The lowest BCUT2D eigenvalue weighted by Gasteiger charge is -2.41. The molecule has 2 aromatic carbocycles. The number of fused-ring (bicyclic) bond motifs is 1. The minimum absolute atomic E-state index is 0.00550. The lowest BCUT2D eigenvalue weighted by atomic mass is 10.0. The number of nitrogens with one attached hydrogen (secondary N) is 1. The van der Waals surface area contributed by atoms with Gasteiger partial charge >= 0.3 is 5.97 Å². The number of esters is 1. The smallest absolute Gasteiger partial charge is 0.344 e. The van der Waals surface area contributed by atoms with Crippen LogP contribution in [0, 0.1) is 11.6 Å². The molecule has 1 aliphatic heterocycles. The van der Waals surface area contributed by atoms with E-state index in [1.54, 1.807) is 11.9 Å². The molecule has 0 amide bonds. The fraction of sp³-hybridized carbons (Fsp3) is 0.296. The molecule has 1 saturated heterocycles. The molecule has 0 unspecified atom stereocenters. The number of nitrogen functional groups attached to an aromatic ring is 1. The van der Waals surface area contributed by atoms with E-state index in [2.05, 4.69) is 5.32 Å². The molecule has 1 aromatic heterocycles. The Hall–Kier alpha value is -4.20. The molecular formula is C27H27ClF2N4O7. The summed E-state index contributed by atoms with van der Waals surface area (Å²) in [6.07, 6.45) is 1.10. The number of aliphatic hydroxyl groups excluding tert-OH is 1. The van der Waals surface area contributed by atoms with Crippen LogP contribution in [0.5, 0.6) is 0 Å². The van der Waals surface area contributed by atoms with Crippen LogP contribution < -0.4 is 21.4 Å². The van der Waals surface area contributed by atoms with E-state index in [9.17, 15) is 23.9 Å². The Morgan fingerprint density at radius 3 is 2.59 bits per heavy atom. The number of carbonyl (C=O) groups excluding carboxylic acids is 2. The first-order valence-corrected chi connectivity index (χ1v) is 12.6. The number of aliphatic hydroxyl groups is 1. The summed E-state index contributed by atoms with van der Waals surface area (Å²) >= 11 is 6.75. The van der Waals surface area contributed by atoms with E-state index in [0.29, 0.717) is 13.1 Å². The quantitative estimate of drug-likeness (QED) is 0.139. The number of ether oxygens (including phenoxy) is 3. The van der Waals surface area contributed by atoms with Crippen molar-refractivity contribution >= 4 is 46.3 Å². The Kier molecular flexibility index (Phi) is 8.80. The van der Waals surface area contributed by atoms with Crippen LogP contribution in [-0.4, -0.2) is 62.0 Å². The number of nitrogens with zero attached hydrogens (tertiary/aromatic N) is 2. The van der Waals surface area contributed by atoms with E-state index in [1.165, 1.54) is 24.7 Å². The molecular weight excluding hydrogens is 566 g/mol. The minimum atomic E-state index is -1.13. The van der Waals surface area contributed by atoms with E-state index in [1.807, 2.05) is 0 Å². The highest BCUT2D eigenvalue weighted by molar-refractivity contribution is 6.38. The number of pyridine rings is 1. The number of allylic oxidation sites excluding steroid dienone is 1. The lowest BCUT2D eigenvalue weighted by molar-refractivity contribution is -0.125. The van der Waals surface area contributed by atoms with Gasteiger partial charge in [0.1, 0.15) is 23.0 Å². The van der Waals surface area contributed by atoms with Gasteiger partial charge in [-0.3, -0.25) is 9.59 Å². The van der Waals surface area contributed by atoms with Gasteiger partial charge in [-0.1, -0.05) is 11.6 Å². The average Bonchev–Trinajstić information content (AvgIpc) is 2.92. The zero-order chi connectivity index (χ0) is 30.0. The summed E-state index contributed by atoms with van der Waals surface area (Å²) in [5.74, 6) is -2.70. The zero-order valence-corrected chi connectivity index (χ0v) is 23.1. The van der Waals surface area contributed by atoms with Gasteiger partial charge in [-0.25, -0.2) is 13.6 Å². The number of halogens is 3. The predicted octanol–water partition coefficient (Wildman–Crippen LogP) is 2.61. The van der Waals surface area contributed by atoms with Gasteiger partial charge in [-0.15, -0.1) is 0 Å². The SMILES string of the molecule is CNC1CN(c2c(F)cc3c(=O)c(C(=O)OC/C(OC)=C(\C)OC=O)cn(-c4cc(N)c(F)cc4CO)c3c2Cl)C1. The molecule has 1 fully saturated rings. The molecule has 0 spiro atoms. The van der Waals surface area contributed by atoms with Gasteiger partial charge < -0.3 is 39.8 Å². The molecule has 218 valence electrons. The van der Waals surface area contributed by atoms with Gasteiger partial charge in [0.2, 0.25) is 5.43 Å². The second kappa shape index (κ2) is 12.1. The highest BCUT2D eigenvalue weighted by atomic mass is 35.5. The van der Waals surface area contributed by atoms with Crippen molar-refractivity contribution < 1.29 is 37.7 Å². The fourth-order valence-electron chi connectivity index (χ4n) is 4.49. The number of anilines is 2. The molecule has 0 saturated carbocycles. The monoisotopic (exact) mass is 592 g/mol. The van der Waals surface area contributed by atoms with E-state index < -0.39 is 41.8 Å². The molecule has 0 aliphatic carbocycles. The predicted molar refractivity (Wildman–Crippen MR) is 147 cm³/mol. The normalized spacial score (nSPS) is 14.0. The highest BCUT2D eigenvalue weighted by Gasteiger charge is 2.32. The number of methoxy groups -OCH3 is 1. The number of aromatic nitrogens is 1. The van der Waals surface area contributed by atoms with E-state index in [-0.39, 0.29) is 62.6 Å². The number of nitrogens with two attached hydrogens (primary N) is 1. The largest absolute Gasteiger partial charge is 0.494 e. The Balaban J connectivity index is 1.95. The third-order valence-corrected chi connectivity index (χ3v) is 7.17. The zero-order valence-electron chi connectivity index (χ0n) is 22.3. The van der Waals surface area contributed by atoms with Crippen LogP contribution in [0.25, 0.3) is 16.6 Å². The van der Waals surface area contributed by atoms with Crippen molar-refractivity contribution in [1.82, 2.24) is 9.88 Å². The summed E-state index contributed by atoms with van der Waals surface area (Å²) in [5, 5.41) is 12.7. The van der Waals surface area contributed by atoms with Crippen molar-refractivity contribution in [3.8, 4) is 5.69 Å². The molecule has 11 nitrogen and oxygen atoms in total. The number of carbonyl (C=O) groups is 2. The maximum absolute atomic E-state index is 15.5.